The van der Waals surface area contributed by atoms with Gasteiger partial charge in [-0.3, -0.25) is 4.99 Å². The average molecular weight is 416 g/mol. The molecule has 0 fully saturated rings. The Morgan fingerprint density at radius 2 is 1.67 bits per heavy atom. The molecular formula is C24H41N5O. The third-order valence-electron chi connectivity index (χ3n) is 5.65. The van der Waals surface area contributed by atoms with Crippen LogP contribution in [0.1, 0.15) is 77.7 Å². The van der Waals surface area contributed by atoms with Crippen LogP contribution in [-0.4, -0.2) is 42.7 Å². The molecule has 1 aromatic rings. The van der Waals surface area contributed by atoms with Gasteiger partial charge in [0.15, 0.2) is 0 Å². The second kappa shape index (κ2) is 12.5. The van der Waals surface area contributed by atoms with Crippen LogP contribution < -0.4 is 15.8 Å². The summed E-state index contributed by atoms with van der Waals surface area (Å²) in [5.41, 5.74) is 7.22. The van der Waals surface area contributed by atoms with E-state index in [1.165, 1.54) is 50.5 Å². The maximum atomic E-state index is 6.30. The Kier molecular flexibility index (Phi) is 9.98. The average Bonchev–Trinajstić information content (AvgIpc) is 2.72. The number of hydrogen-bond donors (Lipinski definition) is 2. The van der Waals surface area contributed by atoms with Gasteiger partial charge in [-0.2, -0.15) is 4.99 Å². The predicted octanol–water partition coefficient (Wildman–Crippen LogP) is 4.69. The van der Waals surface area contributed by atoms with Gasteiger partial charge in [-0.15, -0.1) is 0 Å². The van der Waals surface area contributed by atoms with E-state index in [-0.39, 0.29) is 5.66 Å². The van der Waals surface area contributed by atoms with Crippen LogP contribution >= 0.6 is 0 Å². The molecule has 0 unspecified atom stereocenters. The number of ether oxygens (including phenoxy) is 1. The number of hydrogen-bond acceptors (Lipinski definition) is 4. The van der Waals surface area contributed by atoms with E-state index in [0.29, 0.717) is 11.9 Å². The van der Waals surface area contributed by atoms with Crippen LogP contribution in [0, 0.1) is 0 Å². The number of nitrogens with one attached hydrogen (secondary N) is 1. The van der Waals surface area contributed by atoms with Gasteiger partial charge in [0.2, 0.25) is 11.9 Å². The van der Waals surface area contributed by atoms with Gasteiger partial charge >= 0.3 is 0 Å². The van der Waals surface area contributed by atoms with E-state index in [1.54, 1.807) is 7.11 Å². The second-order valence-corrected chi connectivity index (χ2v) is 8.58. The van der Waals surface area contributed by atoms with Crippen LogP contribution in [0.25, 0.3) is 0 Å². The summed E-state index contributed by atoms with van der Waals surface area (Å²) >= 11 is 0. The number of nitrogens with zero attached hydrogens (tertiary/aromatic N) is 3. The Labute approximate surface area is 183 Å². The highest BCUT2D eigenvalue weighted by Gasteiger charge is 2.33. The molecule has 3 N–H and O–H groups in total. The predicted molar refractivity (Wildman–Crippen MR) is 127 cm³/mol. The Morgan fingerprint density at radius 3 is 2.27 bits per heavy atom. The Morgan fingerprint density at radius 1 is 1.03 bits per heavy atom. The van der Waals surface area contributed by atoms with Crippen LogP contribution in [0.5, 0.6) is 5.75 Å². The van der Waals surface area contributed by atoms with Crippen LogP contribution in [0.3, 0.4) is 0 Å². The number of methoxy groups -OCH3 is 1. The Balaban J connectivity index is 1.78. The van der Waals surface area contributed by atoms with Crippen LogP contribution in [-0.2, 0) is 6.42 Å². The molecule has 0 aromatic heterocycles. The van der Waals surface area contributed by atoms with Crippen LogP contribution in [0.4, 0.5) is 0 Å². The number of benzene rings is 1. The van der Waals surface area contributed by atoms with E-state index >= 15 is 0 Å². The highest BCUT2D eigenvalue weighted by molar-refractivity contribution is 5.97. The molecular weight excluding hydrogens is 374 g/mol. The minimum atomic E-state index is -0.323. The van der Waals surface area contributed by atoms with Crippen LogP contribution in [0.15, 0.2) is 34.3 Å². The number of unbranched alkanes of at least 4 members (excludes halogenated alkanes) is 7. The molecule has 0 bridgehead atoms. The van der Waals surface area contributed by atoms with Gasteiger partial charge < -0.3 is 20.7 Å². The van der Waals surface area contributed by atoms with Crippen molar-refractivity contribution in [2.45, 2.75) is 84.2 Å². The van der Waals surface area contributed by atoms with Crippen LogP contribution in [0.2, 0.25) is 0 Å². The number of rotatable bonds is 13. The SMILES string of the molecule is CCCCCCCCCCN=C1N=C(N)N(CCc2ccc(OC)cc2)C(C)(C)N1. The summed E-state index contributed by atoms with van der Waals surface area (Å²) in [7, 11) is 1.68. The minimum absolute atomic E-state index is 0.323. The zero-order chi connectivity index (χ0) is 21.8. The van der Waals surface area contributed by atoms with Gasteiger partial charge in [-0.25, -0.2) is 0 Å². The van der Waals surface area contributed by atoms with Crippen molar-refractivity contribution in [3.63, 3.8) is 0 Å². The zero-order valence-corrected chi connectivity index (χ0v) is 19.4. The molecule has 6 heteroatoms. The van der Waals surface area contributed by atoms with Gasteiger partial charge in [0.25, 0.3) is 0 Å². The summed E-state index contributed by atoms with van der Waals surface area (Å²) in [6, 6.07) is 8.16. The number of nitrogens with two attached hydrogens (primary N) is 1. The fourth-order valence-electron chi connectivity index (χ4n) is 3.76. The highest BCUT2D eigenvalue weighted by atomic mass is 16.5. The zero-order valence-electron chi connectivity index (χ0n) is 19.4. The molecule has 6 nitrogen and oxygen atoms in total. The summed E-state index contributed by atoms with van der Waals surface area (Å²) in [6.45, 7) is 8.08. The van der Waals surface area contributed by atoms with E-state index in [0.717, 1.165) is 31.7 Å². The van der Waals surface area contributed by atoms with E-state index in [9.17, 15) is 0 Å². The quantitative estimate of drug-likeness (QED) is 0.458. The summed E-state index contributed by atoms with van der Waals surface area (Å²) in [4.78, 5) is 11.3. The van der Waals surface area contributed by atoms with E-state index in [2.05, 4.69) is 53.1 Å². The van der Waals surface area contributed by atoms with Crippen molar-refractivity contribution in [2.24, 2.45) is 15.7 Å². The number of aliphatic imine (C=N–C) groups is 2. The van der Waals surface area contributed by atoms with E-state index in [1.807, 2.05) is 12.1 Å². The first-order valence-corrected chi connectivity index (χ1v) is 11.5. The van der Waals surface area contributed by atoms with Crippen molar-refractivity contribution >= 4 is 11.9 Å². The Bertz CT molecular complexity index is 681. The molecule has 1 heterocycles. The summed E-state index contributed by atoms with van der Waals surface area (Å²) < 4.78 is 5.23. The topological polar surface area (TPSA) is 75.2 Å². The van der Waals surface area contributed by atoms with Gasteiger partial charge in [0, 0.05) is 13.1 Å². The summed E-state index contributed by atoms with van der Waals surface area (Å²) in [5.74, 6) is 2.06. The molecule has 1 aliphatic heterocycles. The molecule has 2 rings (SSSR count). The molecule has 168 valence electrons. The largest absolute Gasteiger partial charge is 0.497 e. The molecule has 0 atom stereocenters. The monoisotopic (exact) mass is 415 g/mol. The standard InChI is InChI=1S/C24H41N5O/c1-5-6-7-8-9-10-11-12-18-26-23-27-22(25)29(24(2,3)28-23)19-17-20-13-15-21(30-4)16-14-20/h13-16H,5-12,17-19H2,1-4H3,(H3,25,26,27,28). The molecule has 1 aliphatic rings. The van der Waals surface area contributed by atoms with E-state index in [4.69, 9.17) is 10.5 Å². The summed E-state index contributed by atoms with van der Waals surface area (Å²) in [5, 5.41) is 3.44. The lowest BCUT2D eigenvalue weighted by molar-refractivity contribution is 0.187. The highest BCUT2D eigenvalue weighted by Crippen LogP contribution is 2.18. The lowest BCUT2D eigenvalue weighted by atomic mass is 10.1. The van der Waals surface area contributed by atoms with Crippen molar-refractivity contribution in [2.75, 3.05) is 20.2 Å². The summed E-state index contributed by atoms with van der Waals surface area (Å²) in [6.07, 6.45) is 11.3. The van der Waals surface area contributed by atoms with Crippen molar-refractivity contribution in [1.29, 1.82) is 0 Å². The molecule has 30 heavy (non-hydrogen) atoms. The van der Waals surface area contributed by atoms with Crippen molar-refractivity contribution < 1.29 is 4.74 Å². The van der Waals surface area contributed by atoms with Gasteiger partial charge in [-0.1, -0.05) is 64.0 Å². The molecule has 1 aromatic carbocycles. The Hall–Kier alpha value is -2.24. The first-order valence-electron chi connectivity index (χ1n) is 11.5. The van der Waals surface area contributed by atoms with Crippen molar-refractivity contribution in [1.82, 2.24) is 10.2 Å². The third-order valence-corrected chi connectivity index (χ3v) is 5.65. The lowest BCUT2D eigenvalue weighted by Crippen LogP contribution is -2.64. The molecule has 0 radical (unpaired) electrons. The molecule has 0 amide bonds. The molecule has 0 saturated carbocycles. The third kappa shape index (κ3) is 7.88. The van der Waals surface area contributed by atoms with Gasteiger partial charge in [0.05, 0.1) is 7.11 Å². The first-order chi connectivity index (χ1) is 14.5. The van der Waals surface area contributed by atoms with Crippen molar-refractivity contribution in [3.05, 3.63) is 29.8 Å². The smallest absolute Gasteiger partial charge is 0.223 e. The minimum Gasteiger partial charge on any atom is -0.497 e. The number of guanidine groups is 2. The fourth-order valence-corrected chi connectivity index (χ4v) is 3.76. The first kappa shape index (κ1) is 24.0. The molecule has 0 aliphatic carbocycles. The maximum Gasteiger partial charge on any atom is 0.223 e. The maximum absolute atomic E-state index is 6.30. The lowest BCUT2D eigenvalue weighted by Gasteiger charge is -2.43. The second-order valence-electron chi connectivity index (χ2n) is 8.58. The van der Waals surface area contributed by atoms with Gasteiger partial charge in [0.1, 0.15) is 11.4 Å². The fraction of sp³-hybridized carbons (Fsp3) is 0.667. The van der Waals surface area contributed by atoms with E-state index < -0.39 is 0 Å². The normalized spacial score (nSPS) is 17.0. The van der Waals surface area contributed by atoms with Crippen molar-refractivity contribution in [3.8, 4) is 5.75 Å². The molecule has 0 saturated heterocycles. The van der Waals surface area contributed by atoms with Gasteiger partial charge in [-0.05, 0) is 44.4 Å². The molecule has 0 spiro atoms.